The Kier molecular flexibility index (Phi) is 4.75. The number of halogens is 1. The molecule has 1 aliphatic rings. The van der Waals surface area contributed by atoms with Crippen molar-refractivity contribution >= 4 is 11.6 Å². The predicted octanol–water partition coefficient (Wildman–Crippen LogP) is 5.07. The van der Waals surface area contributed by atoms with Crippen molar-refractivity contribution in [2.45, 2.75) is 46.5 Å². The zero-order valence-electron chi connectivity index (χ0n) is 16.5. The Morgan fingerprint density at radius 2 is 1.68 bits per heavy atom. The third kappa shape index (κ3) is 3.33. The number of hydrogen-bond acceptors (Lipinski definition) is 2. The van der Waals surface area contributed by atoms with Crippen molar-refractivity contribution in [3.63, 3.8) is 0 Å². The molecule has 3 aromatic rings. The Morgan fingerprint density at radius 1 is 1.04 bits per heavy atom. The van der Waals surface area contributed by atoms with Crippen molar-refractivity contribution < 1.29 is 9.18 Å². The van der Waals surface area contributed by atoms with Crippen molar-refractivity contribution in [1.82, 2.24) is 9.78 Å². The number of hydrogen-bond donors (Lipinski definition) is 1. The highest BCUT2D eigenvalue weighted by molar-refractivity contribution is 6.05. The molecule has 0 saturated heterocycles. The molecule has 144 valence electrons. The second-order valence-electron chi connectivity index (χ2n) is 7.60. The largest absolute Gasteiger partial charge is 0.320 e. The first kappa shape index (κ1) is 18.4. The molecule has 2 aromatic carbocycles. The Hall–Kier alpha value is -2.95. The summed E-state index contributed by atoms with van der Waals surface area (Å²) < 4.78 is 15.1. The van der Waals surface area contributed by atoms with E-state index in [1.807, 2.05) is 20.8 Å². The average molecular weight is 377 g/mol. The fourth-order valence-corrected chi connectivity index (χ4v) is 4.13. The van der Waals surface area contributed by atoms with Gasteiger partial charge in [-0.05, 0) is 81.8 Å². The highest BCUT2D eigenvalue weighted by Gasteiger charge is 2.26. The molecule has 1 N–H and O–H groups in total. The summed E-state index contributed by atoms with van der Waals surface area (Å²) in [4.78, 5) is 13.1. The van der Waals surface area contributed by atoms with E-state index >= 15 is 0 Å². The number of carbonyl (C=O) groups excluding carboxylic acids is 1. The van der Waals surface area contributed by atoms with Crippen molar-refractivity contribution in [3.05, 3.63) is 75.9 Å². The molecule has 0 radical (unpaired) electrons. The molecule has 1 amide bonds. The molecule has 0 bridgehead atoms. The van der Waals surface area contributed by atoms with Crippen LogP contribution in [0.5, 0.6) is 0 Å². The quantitative estimate of drug-likeness (QED) is 0.693. The number of rotatable bonds is 3. The van der Waals surface area contributed by atoms with Crippen molar-refractivity contribution in [3.8, 4) is 5.69 Å². The Labute approximate surface area is 164 Å². The second kappa shape index (κ2) is 7.23. The van der Waals surface area contributed by atoms with Gasteiger partial charge in [-0.2, -0.15) is 5.10 Å². The zero-order chi connectivity index (χ0) is 19.8. The maximum atomic E-state index is 13.3. The third-order valence-corrected chi connectivity index (χ3v) is 5.38. The van der Waals surface area contributed by atoms with Crippen LogP contribution in [0.3, 0.4) is 0 Å². The van der Waals surface area contributed by atoms with E-state index in [9.17, 15) is 9.18 Å². The SMILES string of the molecule is Cc1cc(C)c(NC(=O)c2nn(-c3ccc(F)cc3)c3c2CCCC3)c(C)c1. The van der Waals surface area contributed by atoms with Crippen LogP contribution in [0.2, 0.25) is 0 Å². The number of aromatic nitrogens is 2. The van der Waals surface area contributed by atoms with Crippen molar-refractivity contribution in [1.29, 1.82) is 0 Å². The monoisotopic (exact) mass is 377 g/mol. The van der Waals surface area contributed by atoms with Crippen LogP contribution in [-0.2, 0) is 12.8 Å². The van der Waals surface area contributed by atoms with Crippen LogP contribution in [0, 0.1) is 26.6 Å². The van der Waals surface area contributed by atoms with E-state index in [-0.39, 0.29) is 11.7 Å². The predicted molar refractivity (Wildman–Crippen MR) is 109 cm³/mol. The van der Waals surface area contributed by atoms with Crippen LogP contribution in [0.15, 0.2) is 36.4 Å². The Morgan fingerprint density at radius 3 is 2.36 bits per heavy atom. The molecule has 0 aliphatic heterocycles. The van der Waals surface area contributed by atoms with Gasteiger partial charge in [0.25, 0.3) is 5.91 Å². The van der Waals surface area contributed by atoms with Gasteiger partial charge in [0.05, 0.1) is 5.69 Å². The number of nitrogens with one attached hydrogen (secondary N) is 1. The molecule has 28 heavy (non-hydrogen) atoms. The van der Waals surface area contributed by atoms with Gasteiger partial charge in [-0.15, -0.1) is 0 Å². The number of carbonyl (C=O) groups is 1. The van der Waals surface area contributed by atoms with E-state index < -0.39 is 0 Å². The van der Waals surface area contributed by atoms with E-state index in [0.717, 1.165) is 59.4 Å². The maximum absolute atomic E-state index is 13.3. The summed E-state index contributed by atoms with van der Waals surface area (Å²) in [6, 6.07) is 10.4. The first-order valence-corrected chi connectivity index (χ1v) is 9.70. The molecule has 0 fully saturated rings. The summed E-state index contributed by atoms with van der Waals surface area (Å²) in [5.41, 5.74) is 7.41. The topological polar surface area (TPSA) is 46.9 Å². The summed E-state index contributed by atoms with van der Waals surface area (Å²) in [5.74, 6) is -0.470. The summed E-state index contributed by atoms with van der Waals surface area (Å²) in [6.45, 7) is 6.05. The highest BCUT2D eigenvalue weighted by atomic mass is 19.1. The minimum absolute atomic E-state index is 0.186. The number of aryl methyl sites for hydroxylation is 3. The average Bonchev–Trinajstić information content (AvgIpc) is 3.05. The van der Waals surface area contributed by atoms with Crippen molar-refractivity contribution in [2.24, 2.45) is 0 Å². The minimum Gasteiger partial charge on any atom is -0.320 e. The molecule has 4 rings (SSSR count). The van der Waals surface area contributed by atoms with Gasteiger partial charge in [-0.25, -0.2) is 9.07 Å². The lowest BCUT2D eigenvalue weighted by molar-refractivity contribution is 0.102. The maximum Gasteiger partial charge on any atom is 0.276 e. The number of amides is 1. The summed E-state index contributed by atoms with van der Waals surface area (Å²) in [6.07, 6.45) is 3.82. The smallest absolute Gasteiger partial charge is 0.276 e. The van der Waals surface area contributed by atoms with Crippen LogP contribution in [0.4, 0.5) is 10.1 Å². The molecule has 0 unspecified atom stereocenters. The molecule has 5 heteroatoms. The summed E-state index contributed by atoms with van der Waals surface area (Å²) in [5, 5.41) is 7.72. The second-order valence-corrected chi connectivity index (χ2v) is 7.60. The number of benzene rings is 2. The van der Waals surface area contributed by atoms with E-state index in [4.69, 9.17) is 0 Å². The van der Waals surface area contributed by atoms with Crippen LogP contribution in [0.25, 0.3) is 5.69 Å². The molecule has 1 aliphatic carbocycles. The minimum atomic E-state index is -0.284. The Bertz CT molecular complexity index is 1030. The molecule has 1 heterocycles. The van der Waals surface area contributed by atoms with Gasteiger partial charge in [0, 0.05) is 16.9 Å². The molecule has 1 aromatic heterocycles. The summed E-state index contributed by atoms with van der Waals surface area (Å²) >= 11 is 0. The van der Waals surface area contributed by atoms with Gasteiger partial charge in [0.15, 0.2) is 5.69 Å². The number of anilines is 1. The van der Waals surface area contributed by atoms with Gasteiger partial charge in [-0.1, -0.05) is 17.7 Å². The molecule has 0 atom stereocenters. The van der Waals surface area contributed by atoms with Crippen molar-refractivity contribution in [2.75, 3.05) is 5.32 Å². The van der Waals surface area contributed by atoms with Gasteiger partial charge in [0.2, 0.25) is 0 Å². The Balaban J connectivity index is 1.74. The standard InChI is InChI=1S/C23H24FN3O/c1-14-12-15(2)21(16(3)13-14)25-23(28)22-19-6-4-5-7-20(19)27(26-22)18-10-8-17(24)9-11-18/h8-13H,4-7H2,1-3H3,(H,25,28). The zero-order valence-corrected chi connectivity index (χ0v) is 16.5. The first-order valence-electron chi connectivity index (χ1n) is 9.70. The molecule has 0 spiro atoms. The molecule has 4 nitrogen and oxygen atoms in total. The van der Waals surface area contributed by atoms with Crippen LogP contribution < -0.4 is 5.32 Å². The lowest BCUT2D eigenvalue weighted by Gasteiger charge is -2.15. The number of fused-ring (bicyclic) bond motifs is 1. The van der Waals surface area contributed by atoms with Crippen LogP contribution >= 0.6 is 0 Å². The molecule has 0 saturated carbocycles. The van der Waals surface area contributed by atoms with Crippen LogP contribution in [0.1, 0.15) is 51.3 Å². The van der Waals surface area contributed by atoms with Gasteiger partial charge in [-0.3, -0.25) is 4.79 Å². The summed E-state index contributed by atoms with van der Waals surface area (Å²) in [7, 11) is 0. The lowest BCUT2D eigenvalue weighted by atomic mass is 9.95. The van der Waals surface area contributed by atoms with E-state index in [0.29, 0.717) is 5.69 Å². The lowest BCUT2D eigenvalue weighted by Crippen LogP contribution is -2.17. The normalized spacial score (nSPS) is 13.3. The van der Waals surface area contributed by atoms with Crippen LogP contribution in [-0.4, -0.2) is 15.7 Å². The van der Waals surface area contributed by atoms with Gasteiger partial charge >= 0.3 is 0 Å². The van der Waals surface area contributed by atoms with Gasteiger partial charge < -0.3 is 5.32 Å². The number of nitrogens with zero attached hydrogens (tertiary/aromatic N) is 2. The first-order chi connectivity index (χ1) is 13.4. The molecular weight excluding hydrogens is 353 g/mol. The highest BCUT2D eigenvalue weighted by Crippen LogP contribution is 2.29. The van der Waals surface area contributed by atoms with E-state index in [2.05, 4.69) is 22.5 Å². The third-order valence-electron chi connectivity index (χ3n) is 5.38. The van der Waals surface area contributed by atoms with Gasteiger partial charge in [0.1, 0.15) is 5.82 Å². The molecular formula is C23H24FN3O. The van der Waals surface area contributed by atoms with E-state index in [1.165, 1.54) is 17.7 Å². The fourth-order valence-electron chi connectivity index (χ4n) is 4.13. The fraction of sp³-hybridized carbons (Fsp3) is 0.304. The van der Waals surface area contributed by atoms with E-state index in [1.54, 1.807) is 16.8 Å².